The molecule has 0 atom stereocenters. The summed E-state index contributed by atoms with van der Waals surface area (Å²) in [6, 6.07) is 57.8. The van der Waals surface area contributed by atoms with Crippen LogP contribution in [-0.2, 0) is 0 Å². The van der Waals surface area contributed by atoms with E-state index < -0.39 is 0 Å². The first-order valence-electron chi connectivity index (χ1n) is 16.9. The predicted molar refractivity (Wildman–Crippen MR) is 205 cm³/mol. The van der Waals surface area contributed by atoms with Crippen LogP contribution in [0.1, 0.15) is 0 Å². The van der Waals surface area contributed by atoms with Crippen molar-refractivity contribution < 1.29 is 0 Å². The monoisotopic (exact) mass is 637 g/mol. The number of benzene rings is 7. The number of rotatable bonds is 4. The van der Waals surface area contributed by atoms with Gasteiger partial charge in [-0.1, -0.05) is 127 Å². The van der Waals surface area contributed by atoms with Gasteiger partial charge in [-0.15, -0.1) is 0 Å². The molecule has 5 nitrogen and oxygen atoms in total. The fraction of sp³-hybridized carbons (Fsp3) is 0. The van der Waals surface area contributed by atoms with Crippen LogP contribution >= 0.6 is 0 Å². The number of nitrogens with zero attached hydrogens (tertiary/aromatic N) is 5. The second-order valence-corrected chi connectivity index (χ2v) is 12.8. The van der Waals surface area contributed by atoms with Crippen molar-refractivity contribution in [3.63, 3.8) is 0 Å². The van der Waals surface area contributed by atoms with Crippen molar-refractivity contribution in [1.29, 1.82) is 0 Å². The van der Waals surface area contributed by atoms with Gasteiger partial charge in [0.1, 0.15) is 0 Å². The fourth-order valence-corrected chi connectivity index (χ4v) is 7.99. The van der Waals surface area contributed by atoms with Gasteiger partial charge in [0.15, 0.2) is 17.5 Å². The number of para-hydroxylation sites is 2. The highest BCUT2D eigenvalue weighted by Crippen LogP contribution is 2.44. The third-order valence-corrected chi connectivity index (χ3v) is 10.1. The Labute approximate surface area is 286 Å². The van der Waals surface area contributed by atoms with Crippen molar-refractivity contribution in [3.8, 4) is 39.9 Å². The van der Waals surface area contributed by atoms with E-state index >= 15 is 0 Å². The van der Waals surface area contributed by atoms with Crippen LogP contribution in [0.5, 0.6) is 0 Å². The molecule has 4 heterocycles. The van der Waals surface area contributed by atoms with Gasteiger partial charge in [-0.25, -0.2) is 15.0 Å². The summed E-state index contributed by atoms with van der Waals surface area (Å²) in [5.41, 5.74) is 9.89. The first-order valence-corrected chi connectivity index (χ1v) is 16.9. The minimum atomic E-state index is 0.637. The second kappa shape index (κ2) is 10.3. The number of fused-ring (bicyclic) bond motifs is 5. The Hall–Kier alpha value is -6.85. The molecule has 0 saturated heterocycles. The largest absolute Gasteiger partial charge is 0.309 e. The zero-order valence-electron chi connectivity index (χ0n) is 26.8. The van der Waals surface area contributed by atoms with E-state index in [4.69, 9.17) is 15.0 Å². The smallest absolute Gasteiger partial charge is 0.164 e. The molecular formula is C45H27N5. The third kappa shape index (κ3) is 3.80. The first-order chi connectivity index (χ1) is 24.8. The molecule has 0 spiro atoms. The summed E-state index contributed by atoms with van der Waals surface area (Å²) in [6.07, 6.45) is 0. The predicted octanol–water partition coefficient (Wildman–Crippen LogP) is 11.1. The van der Waals surface area contributed by atoms with Crippen LogP contribution in [0.15, 0.2) is 164 Å². The highest BCUT2D eigenvalue weighted by molar-refractivity contribution is 6.31. The lowest BCUT2D eigenvalue weighted by atomic mass is 10.0. The fourth-order valence-electron chi connectivity index (χ4n) is 7.99. The number of aromatic nitrogens is 5. The van der Waals surface area contributed by atoms with Crippen molar-refractivity contribution in [1.82, 2.24) is 23.9 Å². The van der Waals surface area contributed by atoms with Crippen LogP contribution in [-0.4, -0.2) is 23.9 Å². The highest BCUT2D eigenvalue weighted by atomic mass is 15.0. The van der Waals surface area contributed by atoms with E-state index in [1.54, 1.807) is 0 Å². The molecule has 11 aromatic rings. The molecule has 5 heteroatoms. The molecular weight excluding hydrogens is 611 g/mol. The first kappa shape index (κ1) is 27.1. The van der Waals surface area contributed by atoms with Gasteiger partial charge in [0, 0.05) is 49.3 Å². The maximum absolute atomic E-state index is 5.03. The molecule has 50 heavy (non-hydrogen) atoms. The van der Waals surface area contributed by atoms with Gasteiger partial charge < -0.3 is 8.97 Å². The van der Waals surface area contributed by atoms with Crippen molar-refractivity contribution in [2.24, 2.45) is 0 Å². The topological polar surface area (TPSA) is 48.0 Å². The van der Waals surface area contributed by atoms with Gasteiger partial charge in [0.2, 0.25) is 0 Å². The van der Waals surface area contributed by atoms with Gasteiger partial charge >= 0.3 is 0 Å². The molecule has 11 rings (SSSR count). The zero-order chi connectivity index (χ0) is 32.8. The van der Waals surface area contributed by atoms with Crippen molar-refractivity contribution in [2.75, 3.05) is 0 Å². The maximum atomic E-state index is 5.03. The highest BCUT2D eigenvalue weighted by Gasteiger charge is 2.22. The lowest BCUT2D eigenvalue weighted by molar-refractivity contribution is 1.07. The van der Waals surface area contributed by atoms with E-state index in [-0.39, 0.29) is 0 Å². The lowest BCUT2D eigenvalue weighted by Crippen LogP contribution is -2.01. The molecule has 0 N–H and O–H groups in total. The summed E-state index contributed by atoms with van der Waals surface area (Å²) in [6.45, 7) is 0. The summed E-state index contributed by atoms with van der Waals surface area (Å²) in [7, 11) is 0. The van der Waals surface area contributed by atoms with Crippen LogP contribution in [0.25, 0.3) is 99.8 Å². The van der Waals surface area contributed by atoms with Crippen molar-refractivity contribution in [3.05, 3.63) is 164 Å². The Kier molecular flexibility index (Phi) is 5.60. The molecule has 232 valence electrons. The number of hydrogen-bond donors (Lipinski definition) is 0. The Morgan fingerprint density at radius 3 is 1.56 bits per heavy atom. The Bertz CT molecular complexity index is 3030. The summed E-state index contributed by atoms with van der Waals surface area (Å²) in [5.74, 6) is 1.94. The van der Waals surface area contributed by atoms with Crippen LogP contribution in [0.4, 0.5) is 0 Å². The van der Waals surface area contributed by atoms with E-state index in [9.17, 15) is 0 Å². The van der Waals surface area contributed by atoms with E-state index in [0.29, 0.717) is 17.5 Å². The van der Waals surface area contributed by atoms with E-state index in [1.807, 2.05) is 60.7 Å². The standard InChI is InChI=1S/C45H27N5/c1-3-13-28(14-4-1)43-46-44(29-15-5-2-6-16-29)48-45(47-43)30-17-9-18-31(27-30)49-37-24-11-20-33-35-22-10-21-34-32-19-7-8-23-36(32)50(42(34)35)39-26-12-25-38(49)41(39)40(33)37/h1-27H. The maximum Gasteiger partial charge on any atom is 0.164 e. The minimum absolute atomic E-state index is 0.637. The molecule has 0 bridgehead atoms. The average Bonchev–Trinajstić information content (AvgIpc) is 3.67. The summed E-state index contributed by atoms with van der Waals surface area (Å²) < 4.78 is 4.87. The Balaban J connectivity index is 1.20. The molecule has 4 aromatic heterocycles. The van der Waals surface area contributed by atoms with E-state index in [2.05, 4.69) is 112 Å². The van der Waals surface area contributed by atoms with Crippen LogP contribution in [0, 0.1) is 0 Å². The van der Waals surface area contributed by atoms with Gasteiger partial charge in [-0.05, 0) is 41.8 Å². The lowest BCUT2D eigenvalue weighted by Gasteiger charge is -2.12. The van der Waals surface area contributed by atoms with Gasteiger partial charge in [-0.2, -0.15) is 0 Å². The van der Waals surface area contributed by atoms with Gasteiger partial charge in [0.25, 0.3) is 0 Å². The molecule has 0 aliphatic carbocycles. The third-order valence-electron chi connectivity index (χ3n) is 10.1. The number of hydrogen-bond acceptors (Lipinski definition) is 3. The molecule has 0 aliphatic rings. The molecule has 0 fully saturated rings. The summed E-state index contributed by atoms with van der Waals surface area (Å²) >= 11 is 0. The SMILES string of the molecule is c1ccc(-c2nc(-c3ccccc3)nc(-c3cccc(-n4c5cccc6c7cccc8c9ccccc9n(c9cccc4c9c65)c78)c3)n2)cc1. The summed E-state index contributed by atoms with van der Waals surface area (Å²) in [5, 5.41) is 7.56. The van der Waals surface area contributed by atoms with Crippen LogP contribution in [0.3, 0.4) is 0 Å². The minimum Gasteiger partial charge on any atom is -0.309 e. The normalized spacial score (nSPS) is 12.0. The molecule has 0 aliphatic heterocycles. The van der Waals surface area contributed by atoms with E-state index in [0.717, 1.165) is 27.9 Å². The van der Waals surface area contributed by atoms with Crippen molar-refractivity contribution >= 4 is 59.9 Å². The van der Waals surface area contributed by atoms with Crippen LogP contribution in [0.2, 0.25) is 0 Å². The summed E-state index contributed by atoms with van der Waals surface area (Å²) in [4.78, 5) is 15.0. The Morgan fingerprint density at radius 2 is 0.820 bits per heavy atom. The van der Waals surface area contributed by atoms with Crippen LogP contribution < -0.4 is 0 Å². The quantitative estimate of drug-likeness (QED) is 0.193. The molecule has 0 saturated carbocycles. The van der Waals surface area contributed by atoms with Crippen molar-refractivity contribution in [2.45, 2.75) is 0 Å². The zero-order valence-corrected chi connectivity index (χ0v) is 26.8. The second-order valence-electron chi connectivity index (χ2n) is 12.8. The Morgan fingerprint density at radius 1 is 0.340 bits per heavy atom. The molecule has 7 aromatic carbocycles. The van der Waals surface area contributed by atoms with Gasteiger partial charge in [-0.3, -0.25) is 0 Å². The molecule has 0 unspecified atom stereocenters. The molecule has 0 amide bonds. The molecule has 0 radical (unpaired) electrons. The van der Waals surface area contributed by atoms with E-state index in [1.165, 1.54) is 54.4 Å². The van der Waals surface area contributed by atoms with Gasteiger partial charge in [0.05, 0.1) is 27.6 Å². The average molecular weight is 638 g/mol.